The zero-order valence-electron chi connectivity index (χ0n) is 18.1. The van der Waals surface area contributed by atoms with Gasteiger partial charge in [-0.05, 0) is 49.7 Å². The highest BCUT2D eigenvalue weighted by Crippen LogP contribution is 2.23. The van der Waals surface area contributed by atoms with Crippen molar-refractivity contribution in [3.63, 3.8) is 0 Å². The Labute approximate surface area is 183 Å². The molecule has 1 aliphatic rings. The van der Waals surface area contributed by atoms with Crippen molar-refractivity contribution in [2.24, 2.45) is 5.92 Å². The van der Waals surface area contributed by atoms with Gasteiger partial charge in [0.05, 0.1) is 0 Å². The van der Waals surface area contributed by atoms with Crippen LogP contribution in [0.15, 0.2) is 59.1 Å². The molecular formula is C25H30N4O2. The number of urea groups is 1. The fraction of sp³-hybridized carbons (Fsp3) is 0.400. The van der Waals surface area contributed by atoms with Gasteiger partial charge in [-0.15, -0.1) is 0 Å². The van der Waals surface area contributed by atoms with Crippen LogP contribution in [0.3, 0.4) is 0 Å². The third-order valence-corrected chi connectivity index (χ3v) is 5.88. The number of nitrogens with one attached hydrogen (secondary N) is 1. The molecular weight excluding hydrogens is 388 g/mol. The van der Waals surface area contributed by atoms with E-state index < -0.39 is 0 Å². The molecule has 1 saturated heterocycles. The van der Waals surface area contributed by atoms with Crippen molar-refractivity contribution in [1.29, 1.82) is 0 Å². The van der Waals surface area contributed by atoms with Crippen molar-refractivity contribution in [2.75, 3.05) is 19.6 Å². The second-order valence-electron chi connectivity index (χ2n) is 8.31. The fourth-order valence-corrected chi connectivity index (χ4v) is 4.18. The predicted octanol–water partition coefficient (Wildman–Crippen LogP) is 4.64. The highest BCUT2D eigenvalue weighted by atomic mass is 16.5. The Morgan fingerprint density at radius 1 is 1.16 bits per heavy atom. The van der Waals surface area contributed by atoms with Crippen molar-refractivity contribution in [3.05, 3.63) is 71.6 Å². The minimum atomic E-state index is 0.0314. The summed E-state index contributed by atoms with van der Waals surface area (Å²) in [4.78, 5) is 19.1. The minimum absolute atomic E-state index is 0.0314. The summed E-state index contributed by atoms with van der Waals surface area (Å²) in [7, 11) is 0. The molecule has 1 fully saturated rings. The van der Waals surface area contributed by atoms with Gasteiger partial charge in [-0.2, -0.15) is 4.98 Å². The molecule has 2 heterocycles. The quantitative estimate of drug-likeness (QED) is 0.567. The summed E-state index contributed by atoms with van der Waals surface area (Å²) in [5.74, 6) is 1.62. The molecule has 3 aromatic rings. The summed E-state index contributed by atoms with van der Waals surface area (Å²) >= 11 is 0. The zero-order valence-corrected chi connectivity index (χ0v) is 18.1. The number of hydrogen-bond acceptors (Lipinski definition) is 4. The van der Waals surface area contributed by atoms with E-state index >= 15 is 0 Å². The van der Waals surface area contributed by atoms with E-state index in [4.69, 9.17) is 4.52 Å². The van der Waals surface area contributed by atoms with Crippen LogP contribution in [0.1, 0.15) is 36.3 Å². The van der Waals surface area contributed by atoms with E-state index in [9.17, 15) is 4.79 Å². The van der Waals surface area contributed by atoms with Crippen LogP contribution in [0.5, 0.6) is 0 Å². The van der Waals surface area contributed by atoms with Crippen LogP contribution < -0.4 is 5.32 Å². The highest BCUT2D eigenvalue weighted by Gasteiger charge is 2.25. The average Bonchev–Trinajstić information content (AvgIpc) is 3.26. The third-order valence-electron chi connectivity index (χ3n) is 5.88. The smallest absolute Gasteiger partial charge is 0.317 e. The molecule has 1 aromatic heterocycles. The van der Waals surface area contributed by atoms with Crippen molar-refractivity contribution >= 4 is 6.03 Å². The summed E-state index contributed by atoms with van der Waals surface area (Å²) in [6.45, 7) is 4.27. The lowest BCUT2D eigenvalue weighted by Crippen LogP contribution is -2.46. The van der Waals surface area contributed by atoms with E-state index in [1.165, 1.54) is 5.56 Å². The van der Waals surface area contributed by atoms with Crippen LogP contribution in [-0.4, -0.2) is 40.7 Å². The first kappa shape index (κ1) is 21.1. The summed E-state index contributed by atoms with van der Waals surface area (Å²) in [6.07, 6.45) is 4.69. The Hall–Kier alpha value is -3.15. The van der Waals surface area contributed by atoms with E-state index in [-0.39, 0.29) is 6.03 Å². The molecule has 1 atom stereocenters. The average molecular weight is 419 g/mol. The number of aryl methyl sites for hydroxylation is 2. The second-order valence-corrected chi connectivity index (χ2v) is 8.31. The van der Waals surface area contributed by atoms with Crippen molar-refractivity contribution in [2.45, 2.75) is 39.0 Å². The molecule has 0 saturated carbocycles. The summed E-state index contributed by atoms with van der Waals surface area (Å²) in [6, 6.07) is 18.4. The van der Waals surface area contributed by atoms with Gasteiger partial charge >= 0.3 is 6.03 Å². The first-order valence-electron chi connectivity index (χ1n) is 11.1. The monoisotopic (exact) mass is 418 g/mol. The van der Waals surface area contributed by atoms with Gasteiger partial charge in [0.25, 0.3) is 0 Å². The number of hydrogen-bond donors (Lipinski definition) is 1. The molecule has 6 heteroatoms. The molecule has 6 nitrogen and oxygen atoms in total. The molecule has 31 heavy (non-hydrogen) atoms. The number of carbonyl (C=O) groups is 1. The maximum absolute atomic E-state index is 12.6. The molecule has 0 spiro atoms. The first-order chi connectivity index (χ1) is 15.2. The number of nitrogens with zero attached hydrogens (tertiary/aromatic N) is 3. The van der Waals surface area contributed by atoms with Gasteiger partial charge in [-0.25, -0.2) is 4.79 Å². The lowest BCUT2D eigenvalue weighted by molar-refractivity contribution is 0.161. The number of carbonyl (C=O) groups excluding carboxylic acids is 1. The zero-order chi connectivity index (χ0) is 21.5. The lowest BCUT2D eigenvalue weighted by Gasteiger charge is -2.32. The molecule has 1 unspecified atom stereocenters. The van der Waals surface area contributed by atoms with Crippen molar-refractivity contribution in [1.82, 2.24) is 20.4 Å². The van der Waals surface area contributed by atoms with Gasteiger partial charge in [0, 0.05) is 31.6 Å². The Kier molecular flexibility index (Phi) is 6.97. The molecule has 4 rings (SSSR count). The lowest BCUT2D eigenvalue weighted by atomic mass is 9.95. The molecule has 2 amide bonds. The molecule has 0 bridgehead atoms. The van der Waals surface area contributed by atoms with Gasteiger partial charge in [-0.3, -0.25) is 0 Å². The van der Waals surface area contributed by atoms with Gasteiger partial charge < -0.3 is 14.7 Å². The van der Waals surface area contributed by atoms with Gasteiger partial charge in [0.1, 0.15) is 0 Å². The highest BCUT2D eigenvalue weighted by molar-refractivity contribution is 5.74. The summed E-state index contributed by atoms with van der Waals surface area (Å²) in [5, 5.41) is 7.24. The van der Waals surface area contributed by atoms with Crippen molar-refractivity contribution < 1.29 is 9.32 Å². The van der Waals surface area contributed by atoms with Crippen LogP contribution in [0, 0.1) is 12.8 Å². The maximum atomic E-state index is 12.6. The predicted molar refractivity (Wildman–Crippen MR) is 121 cm³/mol. The Bertz CT molecular complexity index is 986. The summed E-state index contributed by atoms with van der Waals surface area (Å²) in [5.41, 5.74) is 3.43. The van der Waals surface area contributed by atoms with E-state index in [1.54, 1.807) is 0 Å². The number of aromatic nitrogens is 2. The Morgan fingerprint density at radius 3 is 2.81 bits per heavy atom. The second kappa shape index (κ2) is 10.2. The van der Waals surface area contributed by atoms with Crippen LogP contribution in [0.25, 0.3) is 11.4 Å². The van der Waals surface area contributed by atoms with E-state index in [0.717, 1.165) is 49.9 Å². The maximum Gasteiger partial charge on any atom is 0.317 e. The van der Waals surface area contributed by atoms with Gasteiger partial charge in [-0.1, -0.05) is 59.8 Å². The molecule has 1 N–H and O–H groups in total. The van der Waals surface area contributed by atoms with E-state index in [0.29, 0.717) is 30.6 Å². The number of likely N-dealkylation sites (tertiary alicyclic amines) is 1. The number of benzene rings is 2. The van der Waals surface area contributed by atoms with Gasteiger partial charge in [0.2, 0.25) is 11.7 Å². The molecule has 0 radical (unpaired) electrons. The Morgan fingerprint density at radius 2 is 1.97 bits per heavy atom. The Balaban J connectivity index is 1.25. The topological polar surface area (TPSA) is 71.3 Å². The minimum Gasteiger partial charge on any atom is -0.339 e. The molecule has 1 aliphatic heterocycles. The van der Waals surface area contributed by atoms with Crippen molar-refractivity contribution in [3.8, 4) is 11.4 Å². The van der Waals surface area contributed by atoms with Crippen LogP contribution in [0.4, 0.5) is 4.79 Å². The molecule has 2 aromatic carbocycles. The van der Waals surface area contributed by atoms with Crippen LogP contribution >= 0.6 is 0 Å². The summed E-state index contributed by atoms with van der Waals surface area (Å²) < 4.78 is 5.51. The number of rotatable bonds is 7. The van der Waals surface area contributed by atoms with Crippen LogP contribution in [0.2, 0.25) is 0 Å². The van der Waals surface area contributed by atoms with Crippen LogP contribution in [-0.2, 0) is 12.8 Å². The standard InChI is InChI=1S/C25H30N4O2/c1-19-9-5-6-14-22(19)24-27-23(31-28-24)17-21-13-8-16-29(18-21)25(30)26-15-7-12-20-10-3-2-4-11-20/h2-6,9-11,14,21H,7-8,12-13,15-18H2,1H3,(H,26,30). The molecule has 0 aliphatic carbocycles. The van der Waals surface area contributed by atoms with E-state index in [2.05, 4.69) is 39.7 Å². The third kappa shape index (κ3) is 5.72. The van der Waals surface area contributed by atoms with E-state index in [1.807, 2.05) is 42.2 Å². The normalized spacial score (nSPS) is 16.3. The molecule has 162 valence electrons. The first-order valence-corrected chi connectivity index (χ1v) is 11.1. The van der Waals surface area contributed by atoms with Gasteiger partial charge in [0.15, 0.2) is 0 Å². The number of piperidine rings is 1. The largest absolute Gasteiger partial charge is 0.339 e. The number of amides is 2. The fourth-order valence-electron chi connectivity index (χ4n) is 4.18. The SMILES string of the molecule is Cc1ccccc1-c1noc(CC2CCCN(C(=O)NCCCc3ccccc3)C2)n1.